The summed E-state index contributed by atoms with van der Waals surface area (Å²) < 4.78 is 13.7. The van der Waals surface area contributed by atoms with E-state index in [4.69, 9.17) is 0 Å². The van der Waals surface area contributed by atoms with Crippen LogP contribution in [0, 0.1) is 5.82 Å². The minimum atomic E-state index is -0.408. The number of aromatic nitrogens is 4. The van der Waals surface area contributed by atoms with E-state index in [9.17, 15) is 9.18 Å². The Morgan fingerprint density at radius 1 is 1.00 bits per heavy atom. The van der Waals surface area contributed by atoms with E-state index in [1.165, 1.54) is 24.5 Å². The van der Waals surface area contributed by atoms with Gasteiger partial charge in [0.25, 0.3) is 5.91 Å². The van der Waals surface area contributed by atoms with Crippen molar-refractivity contribution in [3.8, 4) is 11.4 Å². The number of hydrogen-bond acceptors (Lipinski definition) is 9. The van der Waals surface area contributed by atoms with Crippen molar-refractivity contribution < 1.29 is 9.18 Å². The standard InChI is InChI=1S/C29H30FN9O/c1-3-12-32-28(40)23-19-33-29(34-21-7-9-22(10-8-21)39-16-14-38(2)15-17-39)37-27(23)36-26-6-4-5-24(35-26)25-18-20(30)11-13-31-25/h3-11,13,18-19H,1,12,14-17H2,2H3,(H,32,40)(H2,33,34,35,36,37). The number of carbonyl (C=O) groups is 1. The summed E-state index contributed by atoms with van der Waals surface area (Å²) in [5.74, 6) is 0.188. The molecule has 5 rings (SSSR count). The van der Waals surface area contributed by atoms with E-state index >= 15 is 0 Å². The van der Waals surface area contributed by atoms with E-state index in [0.717, 1.165) is 37.6 Å². The molecule has 11 heteroatoms. The number of hydrogen-bond donors (Lipinski definition) is 3. The number of nitrogens with one attached hydrogen (secondary N) is 3. The lowest BCUT2D eigenvalue weighted by atomic mass is 10.2. The number of carbonyl (C=O) groups excluding carboxylic acids is 1. The first-order valence-corrected chi connectivity index (χ1v) is 12.9. The summed E-state index contributed by atoms with van der Waals surface area (Å²) in [5.41, 5.74) is 3.06. The fourth-order valence-corrected chi connectivity index (χ4v) is 4.23. The first kappa shape index (κ1) is 26.7. The third-order valence-electron chi connectivity index (χ3n) is 6.41. The highest BCUT2D eigenvalue weighted by atomic mass is 19.1. The summed E-state index contributed by atoms with van der Waals surface area (Å²) in [7, 11) is 2.14. The maximum atomic E-state index is 13.7. The fraction of sp³-hybridized carbons (Fsp3) is 0.207. The van der Waals surface area contributed by atoms with Crippen LogP contribution in [0.4, 0.5) is 33.3 Å². The lowest BCUT2D eigenvalue weighted by Crippen LogP contribution is -2.44. The molecule has 10 nitrogen and oxygen atoms in total. The Morgan fingerprint density at radius 2 is 1.80 bits per heavy atom. The lowest BCUT2D eigenvalue weighted by molar-refractivity contribution is 0.0958. The molecule has 40 heavy (non-hydrogen) atoms. The Hall–Kier alpha value is -4.90. The molecule has 0 unspecified atom stereocenters. The van der Waals surface area contributed by atoms with Gasteiger partial charge in [-0.1, -0.05) is 12.1 Å². The molecule has 0 radical (unpaired) electrons. The molecule has 1 aliphatic heterocycles. The Bertz CT molecular complexity index is 1490. The van der Waals surface area contributed by atoms with Crippen LogP contribution in [0.15, 0.2) is 79.6 Å². The molecule has 204 valence electrons. The number of pyridine rings is 2. The Morgan fingerprint density at radius 3 is 2.55 bits per heavy atom. The van der Waals surface area contributed by atoms with Crippen molar-refractivity contribution in [3.05, 3.63) is 91.0 Å². The SMILES string of the molecule is C=CCNC(=O)c1cnc(Nc2ccc(N3CCN(C)CC3)cc2)nc1Nc1cccc(-c2cc(F)ccn2)n1. The molecular weight excluding hydrogens is 509 g/mol. The molecule has 4 aromatic rings. The molecule has 0 bridgehead atoms. The van der Waals surface area contributed by atoms with Gasteiger partial charge in [0.1, 0.15) is 23.0 Å². The lowest BCUT2D eigenvalue weighted by Gasteiger charge is -2.34. The van der Waals surface area contributed by atoms with Crippen LogP contribution in [0.5, 0.6) is 0 Å². The quantitative estimate of drug-likeness (QED) is 0.269. The van der Waals surface area contributed by atoms with Crippen molar-refractivity contribution in [1.82, 2.24) is 30.2 Å². The second-order valence-electron chi connectivity index (χ2n) is 9.31. The monoisotopic (exact) mass is 539 g/mol. The van der Waals surface area contributed by atoms with Crippen LogP contribution in [0.1, 0.15) is 10.4 Å². The molecule has 1 fully saturated rings. The molecule has 0 atom stereocenters. The Balaban J connectivity index is 1.38. The second-order valence-corrected chi connectivity index (χ2v) is 9.31. The van der Waals surface area contributed by atoms with Crippen LogP contribution in [0.3, 0.4) is 0 Å². The highest BCUT2D eigenvalue weighted by Crippen LogP contribution is 2.25. The number of benzene rings is 1. The van der Waals surface area contributed by atoms with Crippen molar-refractivity contribution in [2.45, 2.75) is 0 Å². The molecule has 1 aromatic carbocycles. The molecule has 0 aliphatic carbocycles. The molecule has 1 saturated heterocycles. The van der Waals surface area contributed by atoms with Gasteiger partial charge >= 0.3 is 0 Å². The van der Waals surface area contributed by atoms with Gasteiger partial charge in [0.05, 0.1) is 11.4 Å². The van der Waals surface area contributed by atoms with E-state index in [-0.39, 0.29) is 23.8 Å². The number of amides is 1. The van der Waals surface area contributed by atoms with Crippen molar-refractivity contribution in [1.29, 1.82) is 0 Å². The van der Waals surface area contributed by atoms with Gasteiger partial charge in [-0.25, -0.2) is 14.4 Å². The van der Waals surface area contributed by atoms with Gasteiger partial charge in [0, 0.05) is 62.6 Å². The minimum absolute atomic E-state index is 0.230. The minimum Gasteiger partial charge on any atom is -0.369 e. The summed E-state index contributed by atoms with van der Waals surface area (Å²) >= 11 is 0. The largest absolute Gasteiger partial charge is 0.369 e. The smallest absolute Gasteiger partial charge is 0.256 e. The first-order valence-electron chi connectivity index (χ1n) is 12.9. The summed E-state index contributed by atoms with van der Waals surface area (Å²) in [6.45, 7) is 7.97. The first-order chi connectivity index (χ1) is 19.5. The predicted octanol–water partition coefficient (Wildman–Crippen LogP) is 4.23. The van der Waals surface area contributed by atoms with E-state index in [2.05, 4.69) is 71.4 Å². The van der Waals surface area contributed by atoms with Crippen LogP contribution in [-0.2, 0) is 0 Å². The number of nitrogens with zero attached hydrogens (tertiary/aromatic N) is 6. The van der Waals surface area contributed by atoms with Gasteiger partial charge in [-0.15, -0.1) is 6.58 Å². The summed E-state index contributed by atoms with van der Waals surface area (Å²) in [5, 5.41) is 9.08. The molecule has 4 heterocycles. The highest BCUT2D eigenvalue weighted by Gasteiger charge is 2.17. The molecule has 3 N–H and O–H groups in total. The average molecular weight is 540 g/mol. The highest BCUT2D eigenvalue weighted by molar-refractivity contribution is 5.99. The average Bonchev–Trinajstić information content (AvgIpc) is 2.97. The van der Waals surface area contributed by atoms with Gasteiger partial charge in [-0.3, -0.25) is 9.78 Å². The maximum absolute atomic E-state index is 13.7. The molecule has 1 amide bonds. The van der Waals surface area contributed by atoms with Gasteiger partial charge in [-0.05, 0) is 49.5 Å². The zero-order valence-electron chi connectivity index (χ0n) is 22.1. The molecule has 0 saturated carbocycles. The number of piperazine rings is 1. The van der Waals surface area contributed by atoms with E-state index in [1.807, 2.05) is 12.1 Å². The number of rotatable bonds is 9. The topological polar surface area (TPSA) is 111 Å². The molecule has 1 aliphatic rings. The molecule has 0 spiro atoms. The number of likely N-dealkylation sites (N-methyl/N-ethyl adjacent to an activating group) is 1. The normalized spacial score (nSPS) is 13.5. The van der Waals surface area contributed by atoms with Gasteiger partial charge in [0.15, 0.2) is 0 Å². The van der Waals surface area contributed by atoms with Gasteiger partial charge in [0.2, 0.25) is 5.95 Å². The number of anilines is 5. The number of halogens is 1. The fourth-order valence-electron chi connectivity index (χ4n) is 4.23. The van der Waals surface area contributed by atoms with E-state index < -0.39 is 5.82 Å². The van der Waals surface area contributed by atoms with Crippen LogP contribution >= 0.6 is 0 Å². The molecule has 3 aromatic heterocycles. The van der Waals surface area contributed by atoms with Crippen LogP contribution < -0.4 is 20.9 Å². The summed E-state index contributed by atoms with van der Waals surface area (Å²) in [4.78, 5) is 35.2. The van der Waals surface area contributed by atoms with Gasteiger partial charge in [-0.2, -0.15) is 4.98 Å². The van der Waals surface area contributed by atoms with Crippen LogP contribution in [-0.4, -0.2) is 70.5 Å². The summed E-state index contributed by atoms with van der Waals surface area (Å²) in [6, 6.07) is 15.9. The van der Waals surface area contributed by atoms with Crippen molar-refractivity contribution >= 4 is 34.9 Å². The third kappa shape index (κ3) is 6.56. The van der Waals surface area contributed by atoms with Crippen LogP contribution in [0.25, 0.3) is 11.4 Å². The Kier molecular flexibility index (Phi) is 8.21. The zero-order chi connectivity index (χ0) is 27.9. The van der Waals surface area contributed by atoms with E-state index in [1.54, 1.807) is 24.3 Å². The van der Waals surface area contributed by atoms with Crippen LogP contribution in [0.2, 0.25) is 0 Å². The third-order valence-corrected chi connectivity index (χ3v) is 6.41. The Labute approximate surface area is 232 Å². The predicted molar refractivity (Wildman–Crippen MR) is 155 cm³/mol. The van der Waals surface area contributed by atoms with E-state index in [0.29, 0.717) is 23.2 Å². The van der Waals surface area contributed by atoms with Crippen molar-refractivity contribution in [3.63, 3.8) is 0 Å². The second kappa shape index (κ2) is 12.3. The van der Waals surface area contributed by atoms with Gasteiger partial charge < -0.3 is 25.8 Å². The zero-order valence-corrected chi connectivity index (χ0v) is 22.1. The molecular formula is C29H30FN9O. The maximum Gasteiger partial charge on any atom is 0.256 e. The van der Waals surface area contributed by atoms with Crippen molar-refractivity contribution in [2.24, 2.45) is 0 Å². The van der Waals surface area contributed by atoms with Crippen molar-refractivity contribution in [2.75, 3.05) is 55.3 Å². The summed E-state index contributed by atoms with van der Waals surface area (Å²) in [6.07, 6.45) is 4.42.